The molecule has 3 heteroatoms. The number of nitrogens with zero attached hydrogens (tertiary/aromatic N) is 1. The highest BCUT2D eigenvalue weighted by molar-refractivity contribution is 5.51. The van der Waals surface area contributed by atoms with Crippen LogP contribution in [0.2, 0.25) is 0 Å². The lowest BCUT2D eigenvalue weighted by Gasteiger charge is -2.35. The maximum absolute atomic E-state index is 5.71. The first kappa shape index (κ1) is 14.4. The van der Waals surface area contributed by atoms with Crippen molar-refractivity contribution in [2.24, 2.45) is 0 Å². The third-order valence-electron chi connectivity index (χ3n) is 4.36. The summed E-state index contributed by atoms with van der Waals surface area (Å²) in [6.07, 6.45) is 0. The Hall–Kier alpha value is -1.06. The SMILES string of the molecule is COc1c(C)c(C)cc(C)c1C(C)N1CCNCC1. The fraction of sp³-hybridized carbons (Fsp3) is 0.625. The van der Waals surface area contributed by atoms with Crippen molar-refractivity contribution < 1.29 is 4.74 Å². The first-order valence-electron chi connectivity index (χ1n) is 7.15. The highest BCUT2D eigenvalue weighted by Gasteiger charge is 2.24. The number of piperazine rings is 1. The minimum Gasteiger partial charge on any atom is -0.496 e. The van der Waals surface area contributed by atoms with Crippen LogP contribution in [0.4, 0.5) is 0 Å². The van der Waals surface area contributed by atoms with Gasteiger partial charge in [-0.05, 0) is 44.4 Å². The van der Waals surface area contributed by atoms with Gasteiger partial charge in [-0.2, -0.15) is 0 Å². The Morgan fingerprint density at radius 3 is 2.37 bits per heavy atom. The average Bonchev–Trinajstić information content (AvgIpc) is 2.42. The molecule has 0 saturated carbocycles. The Morgan fingerprint density at radius 1 is 1.16 bits per heavy atom. The summed E-state index contributed by atoms with van der Waals surface area (Å²) in [5.74, 6) is 1.07. The molecule has 1 N–H and O–H groups in total. The number of nitrogens with one attached hydrogen (secondary N) is 1. The summed E-state index contributed by atoms with van der Waals surface area (Å²) in [6.45, 7) is 13.2. The fourth-order valence-corrected chi connectivity index (χ4v) is 3.11. The molecule has 1 heterocycles. The maximum Gasteiger partial charge on any atom is 0.127 e. The van der Waals surface area contributed by atoms with E-state index in [1.54, 1.807) is 7.11 Å². The van der Waals surface area contributed by atoms with Crippen molar-refractivity contribution in [1.82, 2.24) is 10.2 Å². The van der Waals surface area contributed by atoms with Gasteiger partial charge < -0.3 is 10.1 Å². The molecule has 1 saturated heterocycles. The Kier molecular flexibility index (Phi) is 4.48. The van der Waals surface area contributed by atoms with Crippen molar-refractivity contribution in [3.8, 4) is 5.75 Å². The molecule has 0 spiro atoms. The van der Waals surface area contributed by atoms with E-state index < -0.39 is 0 Å². The zero-order chi connectivity index (χ0) is 14.0. The number of methoxy groups -OCH3 is 1. The molecule has 1 atom stereocenters. The molecule has 1 aromatic carbocycles. The van der Waals surface area contributed by atoms with Gasteiger partial charge in [-0.3, -0.25) is 4.90 Å². The second-order valence-electron chi connectivity index (χ2n) is 5.54. The van der Waals surface area contributed by atoms with Crippen molar-refractivity contribution in [3.05, 3.63) is 28.3 Å². The van der Waals surface area contributed by atoms with Crippen LogP contribution in [0.15, 0.2) is 6.07 Å². The van der Waals surface area contributed by atoms with Gasteiger partial charge in [0.1, 0.15) is 5.75 Å². The number of aryl methyl sites for hydroxylation is 2. The zero-order valence-corrected chi connectivity index (χ0v) is 12.8. The van der Waals surface area contributed by atoms with Crippen LogP contribution >= 0.6 is 0 Å². The van der Waals surface area contributed by atoms with Crippen LogP contribution in [0.25, 0.3) is 0 Å². The molecular weight excluding hydrogens is 236 g/mol. The van der Waals surface area contributed by atoms with Crippen molar-refractivity contribution >= 4 is 0 Å². The largest absolute Gasteiger partial charge is 0.496 e. The molecule has 106 valence electrons. The Labute approximate surface area is 116 Å². The predicted octanol–water partition coefficient (Wildman–Crippen LogP) is 2.59. The average molecular weight is 262 g/mol. The molecule has 1 aliphatic rings. The number of ether oxygens (including phenoxy) is 1. The third kappa shape index (κ3) is 2.77. The van der Waals surface area contributed by atoms with Gasteiger partial charge in [-0.15, -0.1) is 0 Å². The second kappa shape index (κ2) is 5.93. The zero-order valence-electron chi connectivity index (χ0n) is 12.8. The van der Waals surface area contributed by atoms with Crippen LogP contribution in [-0.4, -0.2) is 38.2 Å². The van der Waals surface area contributed by atoms with E-state index in [9.17, 15) is 0 Å². The van der Waals surface area contributed by atoms with Crippen molar-refractivity contribution in [2.75, 3.05) is 33.3 Å². The van der Waals surface area contributed by atoms with Crippen molar-refractivity contribution in [3.63, 3.8) is 0 Å². The summed E-state index contributed by atoms with van der Waals surface area (Å²) in [5, 5.41) is 3.41. The van der Waals surface area contributed by atoms with Crippen LogP contribution < -0.4 is 10.1 Å². The lowest BCUT2D eigenvalue weighted by molar-refractivity contribution is 0.182. The van der Waals surface area contributed by atoms with Gasteiger partial charge in [0.15, 0.2) is 0 Å². The Balaban J connectivity index is 2.39. The topological polar surface area (TPSA) is 24.5 Å². The normalized spacial score (nSPS) is 18.4. The van der Waals surface area contributed by atoms with Gasteiger partial charge in [-0.1, -0.05) is 6.07 Å². The molecule has 0 aromatic heterocycles. The first-order valence-corrected chi connectivity index (χ1v) is 7.15. The van der Waals surface area contributed by atoms with Crippen molar-refractivity contribution in [1.29, 1.82) is 0 Å². The summed E-state index contributed by atoms with van der Waals surface area (Å²) in [6, 6.07) is 2.70. The van der Waals surface area contributed by atoms with Crippen LogP contribution in [0.3, 0.4) is 0 Å². The predicted molar refractivity (Wildman–Crippen MR) is 80.1 cm³/mol. The highest BCUT2D eigenvalue weighted by atomic mass is 16.5. The molecular formula is C16H26N2O. The van der Waals surface area contributed by atoms with E-state index in [-0.39, 0.29) is 0 Å². The van der Waals surface area contributed by atoms with Gasteiger partial charge in [-0.25, -0.2) is 0 Å². The van der Waals surface area contributed by atoms with E-state index in [2.05, 4.69) is 44.0 Å². The van der Waals surface area contributed by atoms with Crippen LogP contribution in [0.1, 0.15) is 35.2 Å². The van der Waals surface area contributed by atoms with Gasteiger partial charge in [0, 0.05) is 37.8 Å². The van der Waals surface area contributed by atoms with Crippen LogP contribution in [0, 0.1) is 20.8 Å². The molecule has 0 bridgehead atoms. The molecule has 0 radical (unpaired) electrons. The van der Waals surface area contributed by atoms with E-state index in [0.29, 0.717) is 6.04 Å². The number of benzene rings is 1. The van der Waals surface area contributed by atoms with Gasteiger partial charge in [0.05, 0.1) is 7.11 Å². The Morgan fingerprint density at radius 2 is 1.79 bits per heavy atom. The molecule has 1 fully saturated rings. The monoisotopic (exact) mass is 262 g/mol. The maximum atomic E-state index is 5.71. The molecule has 1 aromatic rings. The molecule has 1 unspecified atom stereocenters. The van der Waals surface area contributed by atoms with E-state index >= 15 is 0 Å². The number of hydrogen-bond donors (Lipinski definition) is 1. The molecule has 1 aliphatic heterocycles. The third-order valence-corrected chi connectivity index (χ3v) is 4.36. The van der Waals surface area contributed by atoms with Crippen LogP contribution in [0.5, 0.6) is 5.75 Å². The first-order chi connectivity index (χ1) is 9.06. The lowest BCUT2D eigenvalue weighted by Crippen LogP contribution is -2.44. The summed E-state index contributed by atoms with van der Waals surface area (Å²) in [5.41, 5.74) is 5.27. The minimum absolute atomic E-state index is 0.413. The highest BCUT2D eigenvalue weighted by Crippen LogP contribution is 2.36. The molecule has 0 amide bonds. The summed E-state index contributed by atoms with van der Waals surface area (Å²) in [4.78, 5) is 2.54. The van der Waals surface area contributed by atoms with Gasteiger partial charge >= 0.3 is 0 Å². The molecule has 2 rings (SSSR count). The van der Waals surface area contributed by atoms with Gasteiger partial charge in [0.25, 0.3) is 0 Å². The minimum atomic E-state index is 0.413. The van der Waals surface area contributed by atoms with Crippen LogP contribution in [-0.2, 0) is 0 Å². The van der Waals surface area contributed by atoms with E-state index in [1.807, 2.05) is 0 Å². The second-order valence-corrected chi connectivity index (χ2v) is 5.54. The quantitative estimate of drug-likeness (QED) is 0.906. The Bertz CT molecular complexity index is 451. The molecule has 0 aliphatic carbocycles. The standard InChI is InChI=1S/C16H26N2O/c1-11-10-12(2)15(16(19-5)13(11)3)14(4)18-8-6-17-7-9-18/h10,14,17H,6-9H2,1-5H3. The lowest BCUT2D eigenvalue weighted by atomic mass is 9.93. The summed E-state index contributed by atoms with van der Waals surface area (Å²) in [7, 11) is 1.79. The molecule has 3 nitrogen and oxygen atoms in total. The van der Waals surface area contributed by atoms with Crippen molar-refractivity contribution in [2.45, 2.75) is 33.7 Å². The number of hydrogen-bond acceptors (Lipinski definition) is 3. The molecule has 19 heavy (non-hydrogen) atoms. The fourth-order valence-electron chi connectivity index (χ4n) is 3.11. The van der Waals surface area contributed by atoms with E-state index in [4.69, 9.17) is 4.74 Å². The van der Waals surface area contributed by atoms with E-state index in [1.165, 1.54) is 22.3 Å². The summed E-state index contributed by atoms with van der Waals surface area (Å²) < 4.78 is 5.71. The van der Waals surface area contributed by atoms with E-state index in [0.717, 1.165) is 31.9 Å². The summed E-state index contributed by atoms with van der Waals surface area (Å²) >= 11 is 0. The number of rotatable bonds is 3. The van der Waals surface area contributed by atoms with Gasteiger partial charge in [0.2, 0.25) is 0 Å². The smallest absolute Gasteiger partial charge is 0.127 e.